The highest BCUT2D eigenvalue weighted by Gasteiger charge is 2.03. The second-order valence-corrected chi connectivity index (χ2v) is 4.84. The van der Waals surface area contributed by atoms with E-state index in [0.29, 0.717) is 12.1 Å². The fourth-order valence-electron chi connectivity index (χ4n) is 1.78. The number of hydrogen-bond donors (Lipinski definition) is 1. The summed E-state index contributed by atoms with van der Waals surface area (Å²) in [6.45, 7) is 7.45. The van der Waals surface area contributed by atoms with Gasteiger partial charge in [0, 0.05) is 12.6 Å². The van der Waals surface area contributed by atoms with Crippen LogP contribution >= 0.6 is 0 Å². The second kappa shape index (κ2) is 11.4. The predicted octanol–water partition coefficient (Wildman–Crippen LogP) is 3.88. The van der Waals surface area contributed by atoms with E-state index in [-0.39, 0.29) is 0 Å². The maximum absolute atomic E-state index is 5.85. The Labute approximate surface area is 102 Å². The second-order valence-electron chi connectivity index (χ2n) is 4.84. The van der Waals surface area contributed by atoms with Crippen molar-refractivity contribution in [2.45, 2.75) is 84.3 Å². The average Bonchev–Trinajstić information content (AvgIpc) is 2.30. The van der Waals surface area contributed by atoms with Gasteiger partial charge in [0.25, 0.3) is 0 Å². The number of unbranched alkanes of at least 4 members (excludes halogenated alkanes) is 3. The number of ether oxygens (including phenoxy) is 1. The zero-order chi connectivity index (χ0) is 12.2. The Hall–Kier alpha value is -0.0800. The average molecular weight is 229 g/mol. The summed E-state index contributed by atoms with van der Waals surface area (Å²) in [6.07, 6.45) is 10.2. The highest BCUT2D eigenvalue weighted by molar-refractivity contribution is 4.58. The van der Waals surface area contributed by atoms with E-state index in [1.54, 1.807) is 0 Å². The third-order valence-corrected chi connectivity index (χ3v) is 3.11. The molecule has 0 aromatic rings. The molecule has 0 aliphatic rings. The summed E-state index contributed by atoms with van der Waals surface area (Å²) in [4.78, 5) is 0. The molecular formula is C14H31NO. The molecule has 16 heavy (non-hydrogen) atoms. The predicted molar refractivity (Wildman–Crippen MR) is 71.7 cm³/mol. The molecule has 0 spiro atoms. The molecule has 2 N–H and O–H groups in total. The van der Waals surface area contributed by atoms with Crippen molar-refractivity contribution in [1.82, 2.24) is 0 Å². The van der Waals surface area contributed by atoms with Crippen molar-refractivity contribution in [1.29, 1.82) is 0 Å². The number of hydrogen-bond acceptors (Lipinski definition) is 2. The summed E-state index contributed by atoms with van der Waals surface area (Å²) >= 11 is 0. The molecule has 0 heterocycles. The van der Waals surface area contributed by atoms with Gasteiger partial charge in [0.15, 0.2) is 0 Å². The summed E-state index contributed by atoms with van der Waals surface area (Å²) in [5, 5.41) is 0. The Bertz CT molecular complexity index is 139. The van der Waals surface area contributed by atoms with Gasteiger partial charge in [-0.15, -0.1) is 0 Å². The van der Waals surface area contributed by atoms with Crippen LogP contribution in [0.1, 0.15) is 72.1 Å². The van der Waals surface area contributed by atoms with E-state index < -0.39 is 0 Å². The van der Waals surface area contributed by atoms with Crippen molar-refractivity contribution < 1.29 is 4.74 Å². The van der Waals surface area contributed by atoms with Crippen LogP contribution in [-0.2, 0) is 4.74 Å². The van der Waals surface area contributed by atoms with E-state index >= 15 is 0 Å². The zero-order valence-corrected chi connectivity index (χ0v) is 11.5. The van der Waals surface area contributed by atoms with Gasteiger partial charge in [0.05, 0.1) is 6.10 Å². The lowest BCUT2D eigenvalue weighted by molar-refractivity contribution is 0.0552. The number of rotatable bonds is 11. The summed E-state index contributed by atoms with van der Waals surface area (Å²) in [5.74, 6) is 0. The molecule has 0 aliphatic heterocycles. The largest absolute Gasteiger partial charge is 0.379 e. The Morgan fingerprint density at radius 1 is 1.00 bits per heavy atom. The number of nitrogens with two attached hydrogens (primary N) is 1. The van der Waals surface area contributed by atoms with Crippen LogP contribution in [0.4, 0.5) is 0 Å². The topological polar surface area (TPSA) is 35.2 Å². The van der Waals surface area contributed by atoms with Crippen LogP contribution in [0.5, 0.6) is 0 Å². The minimum atomic E-state index is 0.364. The van der Waals surface area contributed by atoms with Gasteiger partial charge in [-0.2, -0.15) is 0 Å². The van der Waals surface area contributed by atoms with Gasteiger partial charge in [-0.3, -0.25) is 0 Å². The van der Waals surface area contributed by atoms with Crippen molar-refractivity contribution >= 4 is 0 Å². The molecule has 0 fully saturated rings. The molecule has 0 radical (unpaired) electrons. The first-order chi connectivity index (χ1) is 7.70. The van der Waals surface area contributed by atoms with Crippen LogP contribution in [-0.4, -0.2) is 18.8 Å². The molecule has 2 heteroatoms. The molecule has 0 bridgehead atoms. The SMILES string of the molecule is CCCCCCC(C)OCCCC(N)CC. The van der Waals surface area contributed by atoms with Gasteiger partial charge in [-0.25, -0.2) is 0 Å². The first kappa shape index (κ1) is 15.9. The first-order valence-electron chi connectivity index (χ1n) is 7.07. The minimum absolute atomic E-state index is 0.364. The molecule has 2 unspecified atom stereocenters. The lowest BCUT2D eigenvalue weighted by atomic mass is 10.1. The Kier molecular flexibility index (Phi) is 11.3. The highest BCUT2D eigenvalue weighted by Crippen LogP contribution is 2.08. The normalized spacial score (nSPS) is 15.0. The molecule has 0 aliphatic carbocycles. The van der Waals surface area contributed by atoms with Crippen LogP contribution < -0.4 is 5.73 Å². The van der Waals surface area contributed by atoms with E-state index in [2.05, 4.69) is 20.8 Å². The molecule has 0 rings (SSSR count). The van der Waals surface area contributed by atoms with E-state index in [4.69, 9.17) is 10.5 Å². The van der Waals surface area contributed by atoms with Crippen molar-refractivity contribution in [3.63, 3.8) is 0 Å². The summed E-state index contributed by atoms with van der Waals surface area (Å²) in [7, 11) is 0. The van der Waals surface area contributed by atoms with Gasteiger partial charge in [-0.1, -0.05) is 39.5 Å². The molecule has 0 aromatic heterocycles. The fraction of sp³-hybridized carbons (Fsp3) is 1.00. The molecule has 0 aromatic carbocycles. The lowest BCUT2D eigenvalue weighted by Crippen LogP contribution is -2.19. The van der Waals surface area contributed by atoms with E-state index in [1.165, 1.54) is 32.1 Å². The zero-order valence-electron chi connectivity index (χ0n) is 11.5. The van der Waals surface area contributed by atoms with Crippen molar-refractivity contribution in [2.75, 3.05) is 6.61 Å². The van der Waals surface area contributed by atoms with E-state index in [9.17, 15) is 0 Å². The van der Waals surface area contributed by atoms with Crippen LogP contribution in [0.3, 0.4) is 0 Å². The van der Waals surface area contributed by atoms with E-state index in [1.807, 2.05) is 0 Å². The fourth-order valence-corrected chi connectivity index (χ4v) is 1.78. The minimum Gasteiger partial charge on any atom is -0.379 e. The van der Waals surface area contributed by atoms with Gasteiger partial charge in [0.1, 0.15) is 0 Å². The van der Waals surface area contributed by atoms with Gasteiger partial charge < -0.3 is 10.5 Å². The standard InChI is InChI=1S/C14H31NO/c1-4-6-7-8-10-13(3)16-12-9-11-14(15)5-2/h13-14H,4-12,15H2,1-3H3. The molecular weight excluding hydrogens is 198 g/mol. The van der Waals surface area contributed by atoms with Crippen molar-refractivity contribution in [3.8, 4) is 0 Å². The third kappa shape index (κ3) is 10.4. The van der Waals surface area contributed by atoms with Crippen molar-refractivity contribution in [3.05, 3.63) is 0 Å². The van der Waals surface area contributed by atoms with Crippen molar-refractivity contribution in [2.24, 2.45) is 5.73 Å². The van der Waals surface area contributed by atoms with Gasteiger partial charge >= 0.3 is 0 Å². The molecule has 98 valence electrons. The van der Waals surface area contributed by atoms with Crippen LogP contribution in [0.25, 0.3) is 0 Å². The molecule has 2 nitrogen and oxygen atoms in total. The molecule has 0 saturated heterocycles. The maximum atomic E-state index is 5.85. The quantitative estimate of drug-likeness (QED) is 0.546. The monoisotopic (exact) mass is 229 g/mol. The first-order valence-corrected chi connectivity index (χ1v) is 7.07. The molecule has 0 amide bonds. The summed E-state index contributed by atoms with van der Waals surface area (Å²) < 4.78 is 5.76. The maximum Gasteiger partial charge on any atom is 0.0547 e. The van der Waals surface area contributed by atoms with Crippen LogP contribution in [0.2, 0.25) is 0 Å². The van der Waals surface area contributed by atoms with E-state index in [0.717, 1.165) is 25.9 Å². The smallest absolute Gasteiger partial charge is 0.0547 e. The Morgan fingerprint density at radius 3 is 2.38 bits per heavy atom. The lowest BCUT2D eigenvalue weighted by Gasteiger charge is -2.14. The summed E-state index contributed by atoms with van der Waals surface area (Å²) in [6, 6.07) is 0.364. The highest BCUT2D eigenvalue weighted by atomic mass is 16.5. The van der Waals surface area contributed by atoms with Gasteiger partial charge in [0.2, 0.25) is 0 Å². The summed E-state index contributed by atoms with van der Waals surface area (Å²) in [5.41, 5.74) is 5.85. The third-order valence-electron chi connectivity index (χ3n) is 3.11. The molecule has 0 saturated carbocycles. The van der Waals surface area contributed by atoms with Crippen LogP contribution in [0, 0.1) is 0 Å². The Balaban J connectivity index is 3.20. The van der Waals surface area contributed by atoms with Crippen LogP contribution in [0.15, 0.2) is 0 Å². The van der Waals surface area contributed by atoms with Gasteiger partial charge in [-0.05, 0) is 32.6 Å². The Morgan fingerprint density at radius 2 is 1.75 bits per heavy atom. The molecule has 2 atom stereocenters.